The van der Waals surface area contributed by atoms with E-state index in [-0.39, 0.29) is 10.8 Å². The summed E-state index contributed by atoms with van der Waals surface area (Å²) in [5.74, 6) is -0.0278. The van der Waals surface area contributed by atoms with E-state index < -0.39 is 16.1 Å². The average molecular weight is 410 g/mol. The fraction of sp³-hybridized carbons (Fsp3) is 0.444. The summed E-state index contributed by atoms with van der Waals surface area (Å²) < 4.78 is 32.5. The first-order chi connectivity index (χ1) is 13.0. The molecule has 0 spiro atoms. The molecule has 144 valence electrons. The maximum absolute atomic E-state index is 13.0. The number of carbonyl (C=O) groups is 1. The van der Waals surface area contributed by atoms with Gasteiger partial charge < -0.3 is 4.52 Å². The quantitative estimate of drug-likeness (QED) is 0.837. The van der Waals surface area contributed by atoms with Crippen molar-refractivity contribution in [3.05, 3.63) is 40.5 Å². The zero-order chi connectivity index (χ0) is 19.0. The maximum atomic E-state index is 13.0. The number of anilines is 1. The molecule has 1 amide bonds. The highest BCUT2D eigenvalue weighted by atomic mass is 35.5. The molecule has 2 heterocycles. The van der Waals surface area contributed by atoms with Crippen LogP contribution in [0.25, 0.3) is 0 Å². The van der Waals surface area contributed by atoms with Crippen LogP contribution in [0.2, 0.25) is 5.02 Å². The number of benzene rings is 1. The van der Waals surface area contributed by atoms with E-state index in [9.17, 15) is 13.2 Å². The molecule has 7 nitrogen and oxygen atoms in total. The van der Waals surface area contributed by atoms with Crippen LogP contribution in [-0.4, -0.2) is 36.4 Å². The molecule has 1 saturated heterocycles. The monoisotopic (exact) mass is 409 g/mol. The van der Waals surface area contributed by atoms with Gasteiger partial charge in [-0.15, -0.1) is 0 Å². The molecule has 1 unspecified atom stereocenters. The summed E-state index contributed by atoms with van der Waals surface area (Å²) in [5, 5.41) is 7.24. The number of hydrogen-bond acceptors (Lipinski definition) is 5. The Hall–Kier alpha value is -1.90. The zero-order valence-corrected chi connectivity index (χ0v) is 16.2. The molecule has 1 fully saturated rings. The number of rotatable bonds is 4. The fourth-order valence-electron chi connectivity index (χ4n) is 3.72. The van der Waals surface area contributed by atoms with E-state index in [1.54, 1.807) is 0 Å². The van der Waals surface area contributed by atoms with Crippen molar-refractivity contribution in [3.63, 3.8) is 0 Å². The second-order valence-electron chi connectivity index (χ2n) is 6.86. The lowest BCUT2D eigenvalue weighted by Crippen LogP contribution is -2.43. The van der Waals surface area contributed by atoms with Crippen LogP contribution < -0.4 is 5.32 Å². The van der Waals surface area contributed by atoms with Crippen molar-refractivity contribution in [2.75, 3.05) is 11.9 Å². The Morgan fingerprint density at radius 2 is 1.93 bits per heavy atom. The fourth-order valence-corrected chi connectivity index (χ4v) is 5.50. The molecule has 27 heavy (non-hydrogen) atoms. The largest absolute Gasteiger partial charge is 0.338 e. The lowest BCUT2D eigenvalue weighted by Gasteiger charge is -2.23. The van der Waals surface area contributed by atoms with Crippen LogP contribution in [0.5, 0.6) is 0 Å². The van der Waals surface area contributed by atoms with Crippen molar-refractivity contribution < 1.29 is 17.7 Å². The molecular weight excluding hydrogens is 390 g/mol. The minimum atomic E-state index is -3.78. The van der Waals surface area contributed by atoms with Crippen LogP contribution in [-0.2, 0) is 27.7 Å². The van der Waals surface area contributed by atoms with Crippen LogP contribution in [0.15, 0.2) is 33.7 Å². The van der Waals surface area contributed by atoms with Gasteiger partial charge in [0.2, 0.25) is 21.8 Å². The standard InChI is InChI=1S/C18H20ClN3O4S/c19-12-7-9-13(10-8-12)27(24,25)22-11-3-6-16(22)17(23)20-18-14-4-1-2-5-15(14)21-26-18/h7-10,16H,1-6,11H2,(H,20,23). The van der Waals surface area contributed by atoms with Crippen molar-refractivity contribution in [3.8, 4) is 0 Å². The minimum absolute atomic E-state index is 0.128. The van der Waals surface area contributed by atoms with Crippen molar-refractivity contribution in [1.82, 2.24) is 9.46 Å². The minimum Gasteiger partial charge on any atom is -0.338 e. The molecule has 0 bridgehead atoms. The number of aromatic nitrogens is 1. The summed E-state index contributed by atoms with van der Waals surface area (Å²) in [6, 6.07) is 5.20. The number of aryl methyl sites for hydroxylation is 1. The van der Waals surface area contributed by atoms with Gasteiger partial charge in [-0.1, -0.05) is 16.8 Å². The molecule has 1 aromatic carbocycles. The van der Waals surface area contributed by atoms with E-state index in [0.717, 1.165) is 36.9 Å². The van der Waals surface area contributed by atoms with Gasteiger partial charge in [0.05, 0.1) is 10.6 Å². The zero-order valence-electron chi connectivity index (χ0n) is 14.7. The third-order valence-electron chi connectivity index (χ3n) is 5.12. The predicted molar refractivity (Wildman–Crippen MR) is 100 cm³/mol. The normalized spacial score (nSPS) is 20.4. The van der Waals surface area contributed by atoms with E-state index in [2.05, 4.69) is 10.5 Å². The number of nitrogens with zero attached hydrogens (tertiary/aromatic N) is 2. The molecule has 1 aliphatic carbocycles. The second-order valence-corrected chi connectivity index (χ2v) is 9.19. The molecule has 0 radical (unpaired) electrons. The summed E-state index contributed by atoms with van der Waals surface area (Å²) in [4.78, 5) is 12.9. The summed E-state index contributed by atoms with van der Waals surface area (Å²) in [6.07, 6.45) is 4.83. The lowest BCUT2D eigenvalue weighted by atomic mass is 9.97. The summed E-state index contributed by atoms with van der Waals surface area (Å²) >= 11 is 5.85. The van der Waals surface area contributed by atoms with E-state index in [1.807, 2.05) is 0 Å². The third-order valence-corrected chi connectivity index (χ3v) is 7.30. The van der Waals surface area contributed by atoms with Crippen molar-refractivity contribution in [2.24, 2.45) is 0 Å². The van der Waals surface area contributed by atoms with Crippen LogP contribution in [0.4, 0.5) is 5.88 Å². The molecule has 2 aliphatic rings. The highest BCUT2D eigenvalue weighted by Gasteiger charge is 2.40. The number of carbonyl (C=O) groups excluding carboxylic acids is 1. The SMILES string of the molecule is O=C(Nc1onc2c1CCCC2)C1CCCN1S(=O)(=O)c1ccc(Cl)cc1. The second kappa shape index (κ2) is 7.26. The Morgan fingerprint density at radius 1 is 1.19 bits per heavy atom. The molecule has 0 saturated carbocycles. The van der Waals surface area contributed by atoms with Gasteiger partial charge in [-0.05, 0) is 62.8 Å². The van der Waals surface area contributed by atoms with E-state index in [0.29, 0.717) is 30.3 Å². The van der Waals surface area contributed by atoms with Crippen LogP contribution in [0.3, 0.4) is 0 Å². The van der Waals surface area contributed by atoms with Gasteiger partial charge in [0.1, 0.15) is 6.04 Å². The first kappa shape index (κ1) is 18.5. The molecule has 2 aromatic rings. The highest BCUT2D eigenvalue weighted by molar-refractivity contribution is 7.89. The maximum Gasteiger partial charge on any atom is 0.245 e. The van der Waals surface area contributed by atoms with E-state index >= 15 is 0 Å². The van der Waals surface area contributed by atoms with Crippen molar-refractivity contribution >= 4 is 33.4 Å². The summed E-state index contributed by atoms with van der Waals surface area (Å²) in [7, 11) is -3.78. The van der Waals surface area contributed by atoms with Gasteiger partial charge in [-0.25, -0.2) is 8.42 Å². The van der Waals surface area contributed by atoms with Crippen LogP contribution in [0, 0.1) is 0 Å². The van der Waals surface area contributed by atoms with Crippen LogP contribution in [0.1, 0.15) is 36.9 Å². The number of nitrogens with one attached hydrogen (secondary N) is 1. The molecule has 1 atom stereocenters. The number of amides is 1. The Morgan fingerprint density at radius 3 is 2.70 bits per heavy atom. The van der Waals surface area contributed by atoms with Gasteiger partial charge in [-0.3, -0.25) is 10.1 Å². The van der Waals surface area contributed by atoms with Gasteiger partial charge >= 0.3 is 0 Å². The van der Waals surface area contributed by atoms with E-state index in [1.165, 1.54) is 28.6 Å². The summed E-state index contributed by atoms with van der Waals surface area (Å²) in [6.45, 7) is 0.303. The topological polar surface area (TPSA) is 92.5 Å². The van der Waals surface area contributed by atoms with Crippen molar-refractivity contribution in [2.45, 2.75) is 49.5 Å². The number of hydrogen-bond donors (Lipinski definition) is 1. The lowest BCUT2D eigenvalue weighted by molar-refractivity contribution is -0.119. The molecule has 9 heteroatoms. The first-order valence-electron chi connectivity index (χ1n) is 9.02. The molecule has 1 N–H and O–H groups in total. The Labute approximate surface area is 162 Å². The van der Waals surface area contributed by atoms with Crippen LogP contribution >= 0.6 is 11.6 Å². The third kappa shape index (κ3) is 3.49. The van der Waals surface area contributed by atoms with Gasteiger partial charge in [0.15, 0.2) is 0 Å². The Kier molecular flexibility index (Phi) is 4.96. The smallest absolute Gasteiger partial charge is 0.245 e. The number of fused-ring (bicyclic) bond motifs is 1. The predicted octanol–water partition coefficient (Wildman–Crippen LogP) is 3.00. The number of sulfonamides is 1. The molecule has 4 rings (SSSR count). The first-order valence-corrected chi connectivity index (χ1v) is 10.8. The Bertz CT molecular complexity index is 955. The molecule has 1 aliphatic heterocycles. The highest BCUT2D eigenvalue weighted by Crippen LogP contribution is 2.30. The molecular formula is C18H20ClN3O4S. The Balaban J connectivity index is 1.55. The van der Waals surface area contributed by atoms with Crippen molar-refractivity contribution in [1.29, 1.82) is 0 Å². The van der Waals surface area contributed by atoms with E-state index in [4.69, 9.17) is 16.1 Å². The average Bonchev–Trinajstić information content (AvgIpc) is 3.30. The molecule has 1 aromatic heterocycles. The van der Waals surface area contributed by atoms with Gasteiger partial charge in [0, 0.05) is 17.1 Å². The summed E-state index contributed by atoms with van der Waals surface area (Å²) in [5.41, 5.74) is 1.81. The van der Waals surface area contributed by atoms with Gasteiger partial charge in [0.25, 0.3) is 0 Å². The number of halogens is 1. The van der Waals surface area contributed by atoms with Gasteiger partial charge in [-0.2, -0.15) is 4.31 Å².